The molecule has 1 atom stereocenters. The zero-order valence-electron chi connectivity index (χ0n) is 19.6. The lowest BCUT2D eigenvalue weighted by atomic mass is 9.69. The number of ether oxygens (including phenoxy) is 1. The zero-order valence-corrected chi connectivity index (χ0v) is 20.3. The first-order valence-corrected chi connectivity index (χ1v) is 11.4. The molecule has 4 rings (SSSR count). The number of carbonyl (C=O) groups is 1. The van der Waals surface area contributed by atoms with Crippen LogP contribution in [0.3, 0.4) is 0 Å². The van der Waals surface area contributed by atoms with E-state index in [4.69, 9.17) is 16.3 Å². The Balaban J connectivity index is 1.69. The molecule has 1 aromatic carbocycles. The molecule has 0 spiro atoms. The van der Waals surface area contributed by atoms with Gasteiger partial charge in [0.05, 0.1) is 18.9 Å². The van der Waals surface area contributed by atoms with Gasteiger partial charge in [0.25, 0.3) is 0 Å². The number of carbonyl (C=O) groups excluding carboxylic acids is 2. The number of methoxy groups -OCH3 is 1. The van der Waals surface area contributed by atoms with Crippen LogP contribution in [0.15, 0.2) is 53.3 Å². The molecule has 9 heteroatoms. The lowest BCUT2D eigenvalue weighted by Gasteiger charge is -2.55. The van der Waals surface area contributed by atoms with Crippen LogP contribution in [0.2, 0.25) is 5.15 Å². The predicted molar refractivity (Wildman–Crippen MR) is 132 cm³/mol. The van der Waals surface area contributed by atoms with Crippen LogP contribution in [0.25, 0.3) is 0 Å². The molecular formula is C25H27ClN5O3. The number of allylic oxidation sites excluding steroid dienone is 1. The molecule has 34 heavy (non-hydrogen) atoms. The normalized spacial score (nSPS) is 21.3. The Kier molecular flexibility index (Phi) is 6.47. The second kappa shape index (κ2) is 9.19. The molecule has 1 fully saturated rings. The average molecular weight is 481 g/mol. The summed E-state index contributed by atoms with van der Waals surface area (Å²) in [4.78, 5) is 35.5. The number of aromatic nitrogens is 1. The van der Waals surface area contributed by atoms with Gasteiger partial charge in [-0.25, -0.2) is 9.98 Å². The largest absolute Gasteiger partial charge is 0.494 e. The van der Waals surface area contributed by atoms with Crippen molar-refractivity contribution < 1.29 is 14.3 Å². The molecule has 0 aliphatic carbocycles. The van der Waals surface area contributed by atoms with Crippen molar-refractivity contribution in [3.8, 4) is 5.75 Å². The molecule has 1 radical (unpaired) electrons. The summed E-state index contributed by atoms with van der Waals surface area (Å²) < 4.78 is 5.40. The number of likely N-dealkylation sites (tertiary alicyclic amines) is 1. The molecule has 8 nitrogen and oxygen atoms in total. The van der Waals surface area contributed by atoms with Crippen LogP contribution in [-0.4, -0.2) is 54.3 Å². The van der Waals surface area contributed by atoms with Gasteiger partial charge in [-0.2, -0.15) is 0 Å². The third kappa shape index (κ3) is 4.19. The van der Waals surface area contributed by atoms with Gasteiger partial charge in [-0.3, -0.25) is 14.5 Å². The van der Waals surface area contributed by atoms with Crippen LogP contribution < -0.4 is 15.4 Å². The molecule has 0 saturated carbocycles. The SMILES string of the molecule is COc1cc(Cl)ncc1NC(=O)C1(c2ccccc2C(C)C)CN(C2(C)N=CC([C]=O)=CN2)C1. The Labute approximate surface area is 204 Å². The first kappa shape index (κ1) is 23.9. The maximum absolute atomic E-state index is 13.9. The van der Waals surface area contributed by atoms with E-state index < -0.39 is 11.2 Å². The maximum Gasteiger partial charge on any atom is 0.237 e. The van der Waals surface area contributed by atoms with E-state index in [9.17, 15) is 9.59 Å². The second-order valence-electron chi connectivity index (χ2n) is 8.97. The molecular weight excluding hydrogens is 454 g/mol. The van der Waals surface area contributed by atoms with Crippen molar-refractivity contribution in [2.24, 2.45) is 4.99 Å². The van der Waals surface area contributed by atoms with Gasteiger partial charge in [0, 0.05) is 31.6 Å². The Morgan fingerprint density at radius 1 is 1.32 bits per heavy atom. The molecule has 3 heterocycles. The third-order valence-electron chi connectivity index (χ3n) is 6.45. The van der Waals surface area contributed by atoms with E-state index in [1.165, 1.54) is 19.5 Å². The smallest absolute Gasteiger partial charge is 0.237 e. The minimum absolute atomic E-state index is 0.167. The topological polar surface area (TPSA) is 95.9 Å². The summed E-state index contributed by atoms with van der Waals surface area (Å²) in [5.41, 5.74) is 2.05. The van der Waals surface area contributed by atoms with Crippen molar-refractivity contribution >= 4 is 35.7 Å². The number of amides is 1. The quantitative estimate of drug-likeness (QED) is 0.590. The van der Waals surface area contributed by atoms with E-state index in [1.54, 1.807) is 12.3 Å². The number of rotatable bonds is 7. The van der Waals surface area contributed by atoms with Gasteiger partial charge in [-0.1, -0.05) is 49.7 Å². The number of hydrogen-bond acceptors (Lipinski definition) is 7. The van der Waals surface area contributed by atoms with Crippen molar-refractivity contribution in [2.75, 3.05) is 25.5 Å². The van der Waals surface area contributed by atoms with Crippen LogP contribution in [0, 0.1) is 0 Å². The van der Waals surface area contributed by atoms with Crippen molar-refractivity contribution in [3.63, 3.8) is 0 Å². The molecule has 2 aromatic rings. The molecule has 2 aliphatic heterocycles. The van der Waals surface area contributed by atoms with Crippen LogP contribution >= 0.6 is 11.6 Å². The summed E-state index contributed by atoms with van der Waals surface area (Å²) in [5, 5.41) is 6.46. The molecule has 177 valence electrons. The summed E-state index contributed by atoms with van der Waals surface area (Å²) in [7, 11) is 1.52. The van der Waals surface area contributed by atoms with E-state index >= 15 is 0 Å². The Bertz CT molecular complexity index is 1170. The van der Waals surface area contributed by atoms with Gasteiger partial charge in [0.15, 0.2) is 5.79 Å². The number of nitrogens with one attached hydrogen (secondary N) is 2. The van der Waals surface area contributed by atoms with Gasteiger partial charge in [-0.05, 0) is 24.0 Å². The van der Waals surface area contributed by atoms with Gasteiger partial charge >= 0.3 is 0 Å². The van der Waals surface area contributed by atoms with E-state index in [-0.39, 0.29) is 17.0 Å². The molecule has 1 unspecified atom stereocenters. The fourth-order valence-corrected chi connectivity index (χ4v) is 4.56. The predicted octanol–water partition coefficient (Wildman–Crippen LogP) is 3.40. The lowest BCUT2D eigenvalue weighted by Crippen LogP contribution is -2.73. The summed E-state index contributed by atoms with van der Waals surface area (Å²) in [6, 6.07) is 9.59. The summed E-state index contributed by atoms with van der Waals surface area (Å²) >= 11 is 5.99. The number of anilines is 1. The molecule has 0 bridgehead atoms. The van der Waals surface area contributed by atoms with Crippen LogP contribution in [0.4, 0.5) is 5.69 Å². The highest BCUT2D eigenvalue weighted by molar-refractivity contribution is 6.29. The Hall–Kier alpha value is -3.23. The first-order valence-electron chi connectivity index (χ1n) is 11.0. The highest BCUT2D eigenvalue weighted by Gasteiger charge is 2.56. The summed E-state index contributed by atoms with van der Waals surface area (Å²) in [6.07, 6.45) is 6.41. The lowest BCUT2D eigenvalue weighted by molar-refractivity contribution is -0.133. The standard InChI is InChI=1S/C25H27ClN5O3/c1-16(2)18-7-5-6-8-19(18)25(23(33)30-20-12-27-22(26)9-21(20)34-4)14-31(15-25)24(3)28-10-17(13-32)11-29-24/h5-12,16,28H,14-15H2,1-4H3,(H,30,33). The average Bonchev–Trinajstić information content (AvgIpc) is 2.80. The second-order valence-corrected chi connectivity index (χ2v) is 9.35. The molecule has 2 aliphatic rings. The van der Waals surface area contributed by atoms with Crippen molar-refractivity contribution in [2.45, 2.75) is 37.9 Å². The number of aliphatic imine (C=N–C) groups is 1. The third-order valence-corrected chi connectivity index (χ3v) is 6.65. The van der Waals surface area contributed by atoms with E-state index in [1.807, 2.05) is 31.4 Å². The summed E-state index contributed by atoms with van der Waals surface area (Å²) in [6.45, 7) is 6.97. The van der Waals surface area contributed by atoms with E-state index in [2.05, 4.69) is 45.4 Å². The number of hydrogen-bond donors (Lipinski definition) is 2. The molecule has 2 N–H and O–H groups in total. The highest BCUT2D eigenvalue weighted by atomic mass is 35.5. The van der Waals surface area contributed by atoms with Gasteiger partial charge in [-0.15, -0.1) is 0 Å². The van der Waals surface area contributed by atoms with Gasteiger partial charge in [0.2, 0.25) is 12.2 Å². The van der Waals surface area contributed by atoms with E-state index in [0.29, 0.717) is 30.1 Å². The van der Waals surface area contributed by atoms with E-state index in [0.717, 1.165) is 11.1 Å². The fourth-order valence-electron chi connectivity index (χ4n) is 4.42. The highest BCUT2D eigenvalue weighted by Crippen LogP contribution is 2.43. The van der Waals surface area contributed by atoms with Crippen molar-refractivity contribution in [1.82, 2.24) is 15.2 Å². The van der Waals surface area contributed by atoms with Gasteiger partial charge < -0.3 is 15.4 Å². The number of nitrogens with zero attached hydrogens (tertiary/aromatic N) is 3. The Morgan fingerprint density at radius 3 is 2.68 bits per heavy atom. The molecule has 1 saturated heterocycles. The monoisotopic (exact) mass is 480 g/mol. The minimum atomic E-state index is -0.827. The number of halogens is 1. The maximum atomic E-state index is 13.9. The molecule has 1 amide bonds. The summed E-state index contributed by atoms with van der Waals surface area (Å²) in [5.74, 6) is -0.280. The zero-order chi connectivity index (χ0) is 24.5. The minimum Gasteiger partial charge on any atom is -0.494 e. The Morgan fingerprint density at radius 2 is 2.06 bits per heavy atom. The van der Waals surface area contributed by atoms with Crippen LogP contribution in [0.5, 0.6) is 5.75 Å². The van der Waals surface area contributed by atoms with Crippen molar-refractivity contribution in [1.29, 1.82) is 0 Å². The van der Waals surface area contributed by atoms with Crippen LogP contribution in [0.1, 0.15) is 37.8 Å². The van der Waals surface area contributed by atoms with Crippen molar-refractivity contribution in [3.05, 3.63) is 64.6 Å². The van der Waals surface area contributed by atoms with Gasteiger partial charge in [0.1, 0.15) is 22.0 Å². The number of benzene rings is 1. The first-order chi connectivity index (χ1) is 16.2. The van der Waals surface area contributed by atoms with Crippen LogP contribution in [-0.2, 0) is 15.0 Å². The number of pyridine rings is 1. The fraction of sp³-hybridized carbons (Fsp3) is 0.360. The molecule has 1 aromatic heterocycles.